The van der Waals surface area contributed by atoms with Gasteiger partial charge in [-0.05, 0) is 111 Å². The van der Waals surface area contributed by atoms with Crippen molar-refractivity contribution in [2.75, 3.05) is 4.90 Å². The highest BCUT2D eigenvalue weighted by Gasteiger charge is 2.51. The number of anilines is 3. The first-order valence-electron chi connectivity index (χ1n) is 22.1. The zero-order valence-corrected chi connectivity index (χ0v) is 35.6. The minimum Gasteiger partial charge on any atom is -0.310 e. The second-order valence-corrected chi connectivity index (χ2v) is 18.3. The highest BCUT2D eigenvalue weighted by molar-refractivity contribution is 7.25. The first-order valence-corrected chi connectivity index (χ1v) is 22.9. The van der Waals surface area contributed by atoms with E-state index in [2.05, 4.69) is 240 Å². The highest BCUT2D eigenvalue weighted by Crippen LogP contribution is 2.62. The van der Waals surface area contributed by atoms with E-state index < -0.39 is 5.41 Å². The molecule has 0 bridgehead atoms. The van der Waals surface area contributed by atoms with E-state index >= 15 is 0 Å². The minimum absolute atomic E-state index is 0.564. The van der Waals surface area contributed by atoms with Crippen molar-refractivity contribution in [3.63, 3.8) is 0 Å². The van der Waals surface area contributed by atoms with Crippen LogP contribution in [0.3, 0.4) is 0 Å². The summed E-state index contributed by atoms with van der Waals surface area (Å²) in [5.74, 6) is 0. The molecule has 1 aliphatic carbocycles. The van der Waals surface area contributed by atoms with Crippen molar-refractivity contribution in [2.24, 2.45) is 0 Å². The molecular weight excluding hydrogens is 793 g/mol. The molecule has 0 radical (unpaired) electrons. The summed E-state index contributed by atoms with van der Waals surface area (Å²) in [5.41, 5.74) is 19.1. The third-order valence-electron chi connectivity index (χ3n) is 14.0. The van der Waals surface area contributed by atoms with Crippen molar-refractivity contribution >= 4 is 70.4 Å². The van der Waals surface area contributed by atoms with Gasteiger partial charge < -0.3 is 9.47 Å². The van der Waals surface area contributed by atoms with Crippen LogP contribution in [0.25, 0.3) is 81.0 Å². The van der Waals surface area contributed by atoms with Gasteiger partial charge in [0.05, 0.1) is 27.8 Å². The van der Waals surface area contributed by atoms with Gasteiger partial charge in [0.2, 0.25) is 0 Å². The molecular formula is C61H38N2S. The number of rotatable bonds is 5. The second kappa shape index (κ2) is 13.5. The van der Waals surface area contributed by atoms with Gasteiger partial charge in [-0.2, -0.15) is 0 Å². The molecule has 1 aliphatic heterocycles. The molecule has 2 nitrogen and oxygen atoms in total. The summed E-state index contributed by atoms with van der Waals surface area (Å²) in [6.07, 6.45) is 0. The Balaban J connectivity index is 1.06. The van der Waals surface area contributed by atoms with Gasteiger partial charge in [-0.15, -0.1) is 11.3 Å². The monoisotopic (exact) mass is 830 g/mol. The van der Waals surface area contributed by atoms with Crippen LogP contribution in [0.15, 0.2) is 231 Å². The van der Waals surface area contributed by atoms with E-state index in [-0.39, 0.29) is 0 Å². The van der Waals surface area contributed by atoms with E-state index in [1.165, 1.54) is 103 Å². The average Bonchev–Trinajstić information content (AvgIpc) is 4.01. The van der Waals surface area contributed by atoms with Gasteiger partial charge in [0.1, 0.15) is 0 Å². The molecule has 1 unspecified atom stereocenters. The Bertz CT molecular complexity index is 3870. The highest BCUT2D eigenvalue weighted by atomic mass is 32.1. The molecule has 1 spiro atoms. The zero-order chi connectivity index (χ0) is 41.9. The van der Waals surface area contributed by atoms with Gasteiger partial charge in [-0.3, -0.25) is 0 Å². The fraction of sp³-hybridized carbons (Fsp3) is 0.0164. The first kappa shape index (κ1) is 35.6. The Morgan fingerprint density at radius 1 is 0.359 bits per heavy atom. The molecule has 298 valence electrons. The first-order chi connectivity index (χ1) is 31.8. The Labute approximate surface area is 375 Å². The summed E-state index contributed by atoms with van der Waals surface area (Å²) >= 11 is 1.86. The fourth-order valence-corrected chi connectivity index (χ4v) is 12.5. The van der Waals surface area contributed by atoms with Crippen LogP contribution in [0.1, 0.15) is 22.3 Å². The average molecular weight is 831 g/mol. The SMILES string of the molecule is c1ccc(-c2cccc(-c3ccccc3N(c3ccc4c(c3)C3(c5ccccc5-4)c4ccccc4-n4c5ccccc5c5cccc3c54)c3ccc4sc5ccccc5c4c3)c2)cc1. The lowest BCUT2D eigenvalue weighted by Crippen LogP contribution is -2.33. The second-order valence-electron chi connectivity index (χ2n) is 17.2. The van der Waals surface area contributed by atoms with Gasteiger partial charge in [-0.1, -0.05) is 170 Å². The number of thiophene rings is 1. The Morgan fingerprint density at radius 2 is 0.984 bits per heavy atom. The van der Waals surface area contributed by atoms with E-state index in [1.807, 2.05) is 11.3 Å². The summed E-state index contributed by atoms with van der Waals surface area (Å²) in [6.45, 7) is 0. The third-order valence-corrected chi connectivity index (χ3v) is 15.1. The number of hydrogen-bond donors (Lipinski definition) is 0. The fourth-order valence-electron chi connectivity index (χ4n) is 11.4. The molecule has 0 N–H and O–H groups in total. The normalized spacial score (nSPS) is 14.6. The number of nitrogens with zero attached hydrogens (tertiary/aromatic N) is 2. The quantitative estimate of drug-likeness (QED) is 0.168. The van der Waals surface area contributed by atoms with E-state index in [1.54, 1.807) is 0 Å². The summed E-state index contributed by atoms with van der Waals surface area (Å²) < 4.78 is 5.12. The van der Waals surface area contributed by atoms with Crippen LogP contribution in [-0.4, -0.2) is 4.57 Å². The van der Waals surface area contributed by atoms with Gasteiger partial charge in [-0.25, -0.2) is 0 Å². The van der Waals surface area contributed by atoms with E-state index in [4.69, 9.17) is 0 Å². The van der Waals surface area contributed by atoms with Crippen molar-refractivity contribution in [3.8, 4) is 39.1 Å². The number of benzene rings is 10. The van der Waals surface area contributed by atoms with Crippen LogP contribution in [0.2, 0.25) is 0 Å². The van der Waals surface area contributed by atoms with Gasteiger partial charge in [0.15, 0.2) is 0 Å². The number of para-hydroxylation sites is 4. The third kappa shape index (κ3) is 4.85. The molecule has 0 saturated heterocycles. The molecule has 2 aromatic heterocycles. The molecule has 10 aromatic carbocycles. The Kier molecular flexibility index (Phi) is 7.51. The van der Waals surface area contributed by atoms with E-state index in [9.17, 15) is 0 Å². The molecule has 3 heterocycles. The van der Waals surface area contributed by atoms with Crippen LogP contribution < -0.4 is 4.90 Å². The van der Waals surface area contributed by atoms with Crippen LogP contribution in [0.5, 0.6) is 0 Å². The zero-order valence-electron chi connectivity index (χ0n) is 34.7. The molecule has 0 saturated carbocycles. The predicted octanol–water partition coefficient (Wildman–Crippen LogP) is 16.6. The largest absolute Gasteiger partial charge is 0.310 e. The molecule has 12 aromatic rings. The van der Waals surface area contributed by atoms with Crippen molar-refractivity contribution < 1.29 is 0 Å². The molecule has 2 aliphatic rings. The van der Waals surface area contributed by atoms with Crippen molar-refractivity contribution in [1.82, 2.24) is 4.57 Å². The maximum Gasteiger partial charge on any atom is 0.0755 e. The molecule has 1 atom stereocenters. The van der Waals surface area contributed by atoms with Crippen LogP contribution in [0, 0.1) is 0 Å². The minimum atomic E-state index is -0.564. The summed E-state index contributed by atoms with van der Waals surface area (Å²) in [7, 11) is 0. The lowest BCUT2D eigenvalue weighted by Gasteiger charge is -2.40. The summed E-state index contributed by atoms with van der Waals surface area (Å²) in [6, 6.07) is 86.0. The van der Waals surface area contributed by atoms with Crippen LogP contribution in [0.4, 0.5) is 17.1 Å². The maximum absolute atomic E-state index is 2.53. The molecule has 0 amide bonds. The summed E-state index contributed by atoms with van der Waals surface area (Å²) in [4.78, 5) is 2.51. The molecule has 14 rings (SSSR count). The van der Waals surface area contributed by atoms with Crippen molar-refractivity contribution in [3.05, 3.63) is 253 Å². The molecule has 0 fully saturated rings. The van der Waals surface area contributed by atoms with Gasteiger partial charge in [0, 0.05) is 47.9 Å². The topological polar surface area (TPSA) is 8.17 Å². The number of aromatic nitrogens is 1. The predicted molar refractivity (Wildman–Crippen MR) is 270 cm³/mol. The number of fused-ring (bicyclic) bond motifs is 15. The van der Waals surface area contributed by atoms with Crippen molar-refractivity contribution in [2.45, 2.75) is 5.41 Å². The molecule has 3 heteroatoms. The van der Waals surface area contributed by atoms with Crippen molar-refractivity contribution in [1.29, 1.82) is 0 Å². The van der Waals surface area contributed by atoms with Crippen LogP contribution in [-0.2, 0) is 5.41 Å². The van der Waals surface area contributed by atoms with Gasteiger partial charge >= 0.3 is 0 Å². The smallest absolute Gasteiger partial charge is 0.0755 e. The summed E-state index contributed by atoms with van der Waals surface area (Å²) in [5, 5.41) is 5.13. The lowest BCUT2D eigenvalue weighted by atomic mass is 9.65. The standard InChI is InChI=1S/C61H38N2S/c1-2-16-39(17-3-1)40-18-14-19-41(36-40)44-20-5-10-28-55(44)62(42-33-35-59-50(37-42)48-23-7-13-31-58(48)64-59)43-32-34-46-45-21-4-8-25-51(45)61(54(46)38-43)52-26-9-12-30-57(52)63-56-29-11-6-22-47(56)49-24-15-27-53(61)60(49)63/h1-38H. The molecule has 64 heavy (non-hydrogen) atoms. The van der Waals surface area contributed by atoms with E-state index in [0.717, 1.165) is 17.1 Å². The van der Waals surface area contributed by atoms with Gasteiger partial charge in [0.25, 0.3) is 0 Å². The Morgan fingerprint density at radius 3 is 1.91 bits per heavy atom. The number of hydrogen-bond acceptors (Lipinski definition) is 2. The Hall–Kier alpha value is -7.98. The van der Waals surface area contributed by atoms with E-state index in [0.29, 0.717) is 0 Å². The maximum atomic E-state index is 2.53. The lowest BCUT2D eigenvalue weighted by molar-refractivity contribution is 0.748. The van der Waals surface area contributed by atoms with Crippen LogP contribution >= 0.6 is 11.3 Å².